The van der Waals surface area contributed by atoms with E-state index in [4.69, 9.17) is 5.11 Å². The highest BCUT2D eigenvalue weighted by molar-refractivity contribution is 6.00. The fourth-order valence-corrected chi connectivity index (χ4v) is 3.64. The van der Waals surface area contributed by atoms with Crippen LogP contribution >= 0.6 is 0 Å². The summed E-state index contributed by atoms with van der Waals surface area (Å²) in [7, 11) is 0. The third-order valence-electron chi connectivity index (χ3n) is 5.37. The lowest BCUT2D eigenvalue weighted by molar-refractivity contribution is -0.137. The molecule has 0 heterocycles. The highest BCUT2D eigenvalue weighted by Crippen LogP contribution is 2.29. The number of carbonyl (C=O) groups is 2. The van der Waals surface area contributed by atoms with E-state index in [9.17, 15) is 14.9 Å². The van der Waals surface area contributed by atoms with E-state index in [-0.39, 0.29) is 12.3 Å². The van der Waals surface area contributed by atoms with Crippen molar-refractivity contribution in [2.75, 3.05) is 5.32 Å². The third kappa shape index (κ3) is 4.66. The quantitative estimate of drug-likeness (QED) is 0.572. The first kappa shape index (κ1) is 21.1. The Morgan fingerprint density at radius 2 is 1.83 bits per heavy atom. The second-order valence-electron chi connectivity index (χ2n) is 7.46. The molecule has 0 radical (unpaired) electrons. The number of rotatable bonds is 7. The zero-order valence-electron chi connectivity index (χ0n) is 17.1. The maximum atomic E-state index is 13.1. The second-order valence-corrected chi connectivity index (χ2v) is 7.46. The molecular weight excluding hydrogens is 376 g/mol. The lowest BCUT2D eigenvalue weighted by atomic mass is 9.92. The van der Waals surface area contributed by atoms with E-state index in [0.717, 1.165) is 27.5 Å². The van der Waals surface area contributed by atoms with E-state index < -0.39 is 11.9 Å². The van der Waals surface area contributed by atoms with Crippen molar-refractivity contribution in [3.63, 3.8) is 0 Å². The van der Waals surface area contributed by atoms with Gasteiger partial charge in [0, 0.05) is 12.1 Å². The van der Waals surface area contributed by atoms with Gasteiger partial charge in [-0.2, -0.15) is 5.26 Å². The lowest BCUT2D eigenvalue weighted by Crippen LogP contribution is -2.20. The largest absolute Gasteiger partial charge is 0.481 e. The molecule has 5 nitrogen and oxygen atoms in total. The molecule has 30 heavy (non-hydrogen) atoms. The number of hydrogen-bond acceptors (Lipinski definition) is 3. The molecule has 0 aromatic heterocycles. The molecule has 1 unspecified atom stereocenters. The maximum absolute atomic E-state index is 13.1. The van der Waals surface area contributed by atoms with Crippen LogP contribution in [0.5, 0.6) is 0 Å². The zero-order valence-corrected chi connectivity index (χ0v) is 17.1. The molecule has 0 fully saturated rings. The molecule has 152 valence electrons. The number of benzene rings is 3. The Kier molecular flexibility index (Phi) is 6.48. The Balaban J connectivity index is 1.87. The van der Waals surface area contributed by atoms with Gasteiger partial charge in [-0.3, -0.25) is 9.59 Å². The molecule has 3 aromatic rings. The fraction of sp³-hybridized carbons (Fsp3) is 0.240. The minimum absolute atomic E-state index is 0.0547. The summed E-state index contributed by atoms with van der Waals surface area (Å²) in [5, 5.41) is 23.2. The Morgan fingerprint density at radius 3 is 2.53 bits per heavy atom. The number of hydrogen-bond donors (Lipinski definition) is 2. The highest BCUT2D eigenvalue weighted by atomic mass is 16.4. The Morgan fingerprint density at radius 1 is 1.10 bits per heavy atom. The molecule has 0 aliphatic rings. The van der Waals surface area contributed by atoms with Crippen LogP contribution in [0.1, 0.15) is 47.9 Å². The van der Waals surface area contributed by atoms with Crippen molar-refractivity contribution < 1.29 is 14.7 Å². The number of fused-ring (bicyclic) bond motifs is 1. The summed E-state index contributed by atoms with van der Waals surface area (Å²) in [6.07, 6.45) is 1.02. The number of nitrogens with one attached hydrogen (secondary N) is 1. The summed E-state index contributed by atoms with van der Waals surface area (Å²) in [6, 6.07) is 19.2. The minimum atomic E-state index is -0.853. The molecule has 1 atom stereocenters. The average Bonchev–Trinajstić information content (AvgIpc) is 2.74. The Labute approximate surface area is 176 Å². The number of anilines is 1. The molecule has 0 saturated heterocycles. The van der Waals surface area contributed by atoms with Crippen molar-refractivity contribution in [2.45, 2.75) is 39.0 Å². The number of aryl methyl sites for hydroxylation is 2. The topological polar surface area (TPSA) is 90.2 Å². The van der Waals surface area contributed by atoms with Crippen molar-refractivity contribution in [3.05, 3.63) is 76.9 Å². The van der Waals surface area contributed by atoms with Gasteiger partial charge in [0.15, 0.2) is 0 Å². The van der Waals surface area contributed by atoms with Gasteiger partial charge in [0.05, 0.1) is 17.6 Å². The zero-order chi connectivity index (χ0) is 21.7. The molecule has 3 rings (SSSR count). The first-order chi connectivity index (χ1) is 14.4. The van der Waals surface area contributed by atoms with Gasteiger partial charge >= 0.3 is 5.97 Å². The molecule has 3 aromatic carbocycles. The van der Waals surface area contributed by atoms with Crippen molar-refractivity contribution in [3.8, 4) is 6.07 Å². The second kappa shape index (κ2) is 9.23. The van der Waals surface area contributed by atoms with Gasteiger partial charge in [0.2, 0.25) is 5.91 Å². The van der Waals surface area contributed by atoms with Gasteiger partial charge in [-0.25, -0.2) is 0 Å². The number of nitriles is 1. The van der Waals surface area contributed by atoms with E-state index in [1.54, 1.807) is 18.2 Å². The SMILES string of the molecule is Cc1ccc(C(C)C(=O)Nc2cc(C#N)ccc2CCCC(=O)O)c2ccccc12. The average molecular weight is 400 g/mol. The monoisotopic (exact) mass is 400 g/mol. The van der Waals surface area contributed by atoms with Crippen LogP contribution in [-0.4, -0.2) is 17.0 Å². The normalized spacial score (nSPS) is 11.6. The lowest BCUT2D eigenvalue weighted by Gasteiger charge is -2.18. The number of carboxylic acids is 1. The molecule has 1 amide bonds. The minimum Gasteiger partial charge on any atom is -0.481 e. The first-order valence-electron chi connectivity index (χ1n) is 9.94. The Bertz CT molecular complexity index is 1140. The first-order valence-corrected chi connectivity index (χ1v) is 9.94. The molecule has 0 aliphatic heterocycles. The number of carboxylic acid groups (broad SMARTS) is 1. The number of amides is 1. The van der Waals surface area contributed by atoms with Gasteiger partial charge in [-0.1, -0.05) is 42.5 Å². The van der Waals surface area contributed by atoms with Crippen LogP contribution in [-0.2, 0) is 16.0 Å². The number of aliphatic carboxylic acids is 1. The van der Waals surface area contributed by atoms with Crippen molar-refractivity contribution >= 4 is 28.3 Å². The summed E-state index contributed by atoms with van der Waals surface area (Å²) in [5.74, 6) is -1.42. The van der Waals surface area contributed by atoms with E-state index >= 15 is 0 Å². The van der Waals surface area contributed by atoms with Gasteiger partial charge in [-0.15, -0.1) is 0 Å². The molecule has 0 bridgehead atoms. The molecule has 5 heteroatoms. The van der Waals surface area contributed by atoms with Crippen LogP contribution < -0.4 is 5.32 Å². The molecule has 0 saturated carbocycles. The molecular formula is C25H24N2O3. The summed E-state index contributed by atoms with van der Waals surface area (Å²) in [5.41, 5.74) is 3.93. The van der Waals surface area contributed by atoms with Crippen LogP contribution in [0.4, 0.5) is 5.69 Å². The van der Waals surface area contributed by atoms with Crippen LogP contribution in [0.25, 0.3) is 10.8 Å². The fourth-order valence-electron chi connectivity index (χ4n) is 3.64. The number of nitrogens with zero attached hydrogens (tertiary/aromatic N) is 1. The molecule has 0 spiro atoms. The molecule has 2 N–H and O–H groups in total. The summed E-state index contributed by atoms with van der Waals surface area (Å²) < 4.78 is 0. The van der Waals surface area contributed by atoms with Gasteiger partial charge in [0.25, 0.3) is 0 Å². The van der Waals surface area contributed by atoms with E-state index in [1.807, 2.05) is 44.2 Å². The molecule has 0 aliphatic carbocycles. The van der Waals surface area contributed by atoms with Crippen LogP contribution in [0, 0.1) is 18.3 Å². The van der Waals surface area contributed by atoms with E-state index in [0.29, 0.717) is 24.1 Å². The number of carbonyl (C=O) groups excluding carboxylic acids is 1. The smallest absolute Gasteiger partial charge is 0.303 e. The van der Waals surface area contributed by atoms with Crippen molar-refractivity contribution in [1.29, 1.82) is 5.26 Å². The predicted octanol–water partition coefficient (Wildman–Crippen LogP) is 5.17. The van der Waals surface area contributed by atoms with Gasteiger partial charge in [0.1, 0.15) is 0 Å². The van der Waals surface area contributed by atoms with Gasteiger partial charge in [-0.05, 0) is 66.3 Å². The van der Waals surface area contributed by atoms with Crippen molar-refractivity contribution in [2.24, 2.45) is 0 Å². The Hall–Kier alpha value is -3.65. The third-order valence-corrected chi connectivity index (χ3v) is 5.37. The van der Waals surface area contributed by atoms with Crippen LogP contribution in [0.3, 0.4) is 0 Å². The predicted molar refractivity (Wildman–Crippen MR) is 117 cm³/mol. The van der Waals surface area contributed by atoms with Gasteiger partial charge < -0.3 is 10.4 Å². The maximum Gasteiger partial charge on any atom is 0.303 e. The van der Waals surface area contributed by atoms with E-state index in [2.05, 4.69) is 17.5 Å². The summed E-state index contributed by atoms with van der Waals surface area (Å²) in [4.78, 5) is 23.9. The standard InChI is InChI=1S/C25H24N2O3/c1-16-10-13-21(22-8-4-3-7-20(16)22)17(2)25(30)27-23-14-18(15-26)11-12-19(23)6-5-9-24(28)29/h3-4,7-8,10-14,17H,5-6,9H2,1-2H3,(H,27,30)(H,28,29). The van der Waals surface area contributed by atoms with Crippen LogP contribution in [0.15, 0.2) is 54.6 Å². The highest BCUT2D eigenvalue weighted by Gasteiger charge is 2.19. The van der Waals surface area contributed by atoms with E-state index in [1.165, 1.54) is 0 Å². The summed E-state index contributed by atoms with van der Waals surface area (Å²) in [6.45, 7) is 3.92. The van der Waals surface area contributed by atoms with Crippen LogP contribution in [0.2, 0.25) is 0 Å². The summed E-state index contributed by atoms with van der Waals surface area (Å²) >= 11 is 0. The van der Waals surface area contributed by atoms with Crippen molar-refractivity contribution in [1.82, 2.24) is 0 Å².